The Kier molecular flexibility index (Phi) is 6.75. The second-order valence-corrected chi connectivity index (χ2v) is 6.55. The lowest BCUT2D eigenvalue weighted by Crippen LogP contribution is -2.23. The first-order chi connectivity index (χ1) is 14.2. The van der Waals surface area contributed by atoms with Crippen LogP contribution in [0.15, 0.2) is 84.9 Å². The first-order valence-corrected chi connectivity index (χ1v) is 9.30. The Hall–Kier alpha value is -3.91. The number of carbonyl (C=O) groups is 2. The summed E-state index contributed by atoms with van der Waals surface area (Å²) in [4.78, 5) is 24.5. The van der Waals surface area contributed by atoms with E-state index < -0.39 is 5.92 Å². The lowest BCUT2D eigenvalue weighted by atomic mass is 9.90. The fourth-order valence-electron chi connectivity index (χ4n) is 3.04. The maximum Gasteiger partial charge on any atom is 0.236 e. The molecule has 0 aliphatic heterocycles. The van der Waals surface area contributed by atoms with Gasteiger partial charge in [0.15, 0.2) is 0 Å². The number of hydrogen-bond donors (Lipinski definition) is 2. The van der Waals surface area contributed by atoms with Gasteiger partial charge < -0.3 is 10.6 Å². The van der Waals surface area contributed by atoms with E-state index in [1.54, 1.807) is 12.1 Å². The van der Waals surface area contributed by atoms with Crippen molar-refractivity contribution >= 4 is 17.5 Å². The zero-order valence-corrected chi connectivity index (χ0v) is 15.8. The summed E-state index contributed by atoms with van der Waals surface area (Å²) in [5.74, 6) is -0.835. The number of benzene rings is 3. The van der Waals surface area contributed by atoms with Crippen LogP contribution in [0.3, 0.4) is 0 Å². The van der Waals surface area contributed by atoms with Crippen LogP contribution in [-0.2, 0) is 16.1 Å². The van der Waals surface area contributed by atoms with Crippen molar-refractivity contribution in [1.82, 2.24) is 5.32 Å². The van der Waals surface area contributed by atoms with Gasteiger partial charge in [-0.1, -0.05) is 72.8 Å². The van der Waals surface area contributed by atoms with Crippen molar-refractivity contribution in [2.75, 3.05) is 5.32 Å². The van der Waals surface area contributed by atoms with Crippen LogP contribution >= 0.6 is 0 Å². The molecule has 2 amide bonds. The quantitative estimate of drug-likeness (QED) is 0.647. The van der Waals surface area contributed by atoms with Crippen molar-refractivity contribution in [3.05, 3.63) is 102 Å². The number of rotatable bonds is 7. The molecule has 0 atom stereocenters. The van der Waals surface area contributed by atoms with Gasteiger partial charge in [-0.15, -0.1) is 0 Å². The SMILES string of the molecule is N#CCC(=O)NCc1ccc(NC(=O)C(c2ccccc2)c2ccccc2)cc1. The van der Waals surface area contributed by atoms with Crippen LogP contribution in [-0.4, -0.2) is 11.8 Å². The average Bonchev–Trinajstić information content (AvgIpc) is 2.75. The van der Waals surface area contributed by atoms with Crippen molar-refractivity contribution in [2.24, 2.45) is 0 Å². The van der Waals surface area contributed by atoms with Crippen LogP contribution in [0, 0.1) is 11.3 Å². The molecule has 0 bridgehead atoms. The Balaban J connectivity index is 1.71. The van der Waals surface area contributed by atoms with Gasteiger partial charge in [0.05, 0.1) is 12.0 Å². The molecule has 0 spiro atoms. The summed E-state index contributed by atoms with van der Waals surface area (Å²) >= 11 is 0. The second kappa shape index (κ2) is 9.86. The molecule has 0 aliphatic carbocycles. The molecule has 29 heavy (non-hydrogen) atoms. The van der Waals surface area contributed by atoms with Crippen molar-refractivity contribution in [3.63, 3.8) is 0 Å². The van der Waals surface area contributed by atoms with Gasteiger partial charge in [0, 0.05) is 12.2 Å². The summed E-state index contributed by atoms with van der Waals surface area (Å²) in [7, 11) is 0. The topological polar surface area (TPSA) is 82.0 Å². The highest BCUT2D eigenvalue weighted by molar-refractivity contribution is 5.98. The van der Waals surface area contributed by atoms with Crippen LogP contribution in [0.2, 0.25) is 0 Å². The molecule has 0 unspecified atom stereocenters. The lowest BCUT2D eigenvalue weighted by molar-refractivity contribution is -0.120. The first-order valence-electron chi connectivity index (χ1n) is 9.30. The minimum Gasteiger partial charge on any atom is -0.351 e. The molecular weight excluding hydrogens is 362 g/mol. The average molecular weight is 383 g/mol. The van der Waals surface area contributed by atoms with Gasteiger partial charge >= 0.3 is 0 Å². The molecule has 0 aliphatic rings. The van der Waals surface area contributed by atoms with E-state index in [9.17, 15) is 9.59 Å². The molecule has 0 heterocycles. The molecule has 0 aromatic heterocycles. The van der Waals surface area contributed by atoms with Crippen LogP contribution in [0.1, 0.15) is 29.0 Å². The molecule has 0 saturated heterocycles. The lowest BCUT2D eigenvalue weighted by Gasteiger charge is -2.18. The van der Waals surface area contributed by atoms with Crippen LogP contribution in [0.5, 0.6) is 0 Å². The van der Waals surface area contributed by atoms with Gasteiger partial charge in [-0.05, 0) is 28.8 Å². The Morgan fingerprint density at radius 1 is 0.828 bits per heavy atom. The van der Waals surface area contributed by atoms with Gasteiger partial charge in [-0.25, -0.2) is 0 Å². The summed E-state index contributed by atoms with van der Waals surface area (Å²) < 4.78 is 0. The van der Waals surface area contributed by atoms with E-state index in [0.29, 0.717) is 12.2 Å². The smallest absolute Gasteiger partial charge is 0.236 e. The van der Waals surface area contributed by atoms with Crippen molar-refractivity contribution < 1.29 is 9.59 Å². The molecular formula is C24H21N3O2. The Bertz CT molecular complexity index is 954. The number of carbonyl (C=O) groups excluding carboxylic acids is 2. The largest absolute Gasteiger partial charge is 0.351 e. The van der Waals surface area contributed by atoms with E-state index in [0.717, 1.165) is 16.7 Å². The van der Waals surface area contributed by atoms with Crippen LogP contribution < -0.4 is 10.6 Å². The molecule has 0 fully saturated rings. The molecule has 0 radical (unpaired) electrons. The number of amides is 2. The number of nitrogens with zero attached hydrogens (tertiary/aromatic N) is 1. The van der Waals surface area contributed by atoms with E-state index in [1.807, 2.05) is 78.9 Å². The van der Waals surface area contributed by atoms with Gasteiger partial charge in [-0.3, -0.25) is 9.59 Å². The minimum atomic E-state index is -0.414. The predicted octanol–water partition coefficient (Wildman–Crippen LogP) is 3.99. The van der Waals surface area contributed by atoms with Gasteiger partial charge in [0.2, 0.25) is 11.8 Å². The van der Waals surface area contributed by atoms with Crippen molar-refractivity contribution in [1.29, 1.82) is 5.26 Å². The number of nitrogens with one attached hydrogen (secondary N) is 2. The fourth-order valence-corrected chi connectivity index (χ4v) is 3.04. The summed E-state index contributed by atoms with van der Waals surface area (Å²) in [5, 5.41) is 14.2. The highest BCUT2D eigenvalue weighted by Crippen LogP contribution is 2.26. The van der Waals surface area contributed by atoms with E-state index >= 15 is 0 Å². The summed E-state index contributed by atoms with van der Waals surface area (Å²) in [6.45, 7) is 0.339. The Morgan fingerprint density at radius 3 is 1.90 bits per heavy atom. The second-order valence-electron chi connectivity index (χ2n) is 6.55. The zero-order chi connectivity index (χ0) is 20.5. The standard InChI is InChI=1S/C24H21N3O2/c25-16-15-22(28)26-17-18-11-13-21(14-12-18)27-24(29)23(19-7-3-1-4-8-19)20-9-5-2-6-10-20/h1-14,23H,15,17H2,(H,26,28)(H,27,29). The van der Waals surface area contributed by atoms with E-state index in [1.165, 1.54) is 0 Å². The molecule has 144 valence electrons. The molecule has 5 nitrogen and oxygen atoms in total. The third kappa shape index (κ3) is 5.53. The molecule has 0 saturated carbocycles. The third-order valence-electron chi connectivity index (χ3n) is 4.48. The number of anilines is 1. The first kappa shape index (κ1) is 19.8. The highest BCUT2D eigenvalue weighted by Gasteiger charge is 2.22. The number of nitriles is 1. The van der Waals surface area contributed by atoms with Gasteiger partial charge in [0.1, 0.15) is 6.42 Å². The van der Waals surface area contributed by atoms with E-state index in [4.69, 9.17) is 5.26 Å². The van der Waals surface area contributed by atoms with Crippen LogP contribution in [0.25, 0.3) is 0 Å². The minimum absolute atomic E-state index is 0.113. The maximum atomic E-state index is 13.1. The molecule has 5 heteroatoms. The van der Waals surface area contributed by atoms with Gasteiger partial charge in [0.25, 0.3) is 0 Å². The fraction of sp³-hybridized carbons (Fsp3) is 0.125. The normalized spacial score (nSPS) is 10.2. The van der Waals surface area contributed by atoms with E-state index in [-0.39, 0.29) is 18.2 Å². The summed E-state index contributed by atoms with van der Waals surface area (Å²) in [5.41, 5.74) is 3.41. The Morgan fingerprint density at radius 2 is 1.38 bits per heavy atom. The Labute approximate surface area is 170 Å². The van der Waals surface area contributed by atoms with Crippen LogP contribution in [0.4, 0.5) is 5.69 Å². The summed E-state index contributed by atoms with van der Waals surface area (Å²) in [6, 6.07) is 28.4. The molecule has 3 rings (SSSR count). The predicted molar refractivity (Wildman–Crippen MR) is 112 cm³/mol. The van der Waals surface area contributed by atoms with Crippen molar-refractivity contribution in [3.8, 4) is 6.07 Å². The monoisotopic (exact) mass is 383 g/mol. The molecule has 2 N–H and O–H groups in total. The summed E-state index contributed by atoms with van der Waals surface area (Å²) in [6.07, 6.45) is -0.158. The maximum absolute atomic E-state index is 13.1. The van der Waals surface area contributed by atoms with Gasteiger partial charge in [-0.2, -0.15) is 5.26 Å². The number of hydrogen-bond acceptors (Lipinski definition) is 3. The van der Waals surface area contributed by atoms with Crippen molar-refractivity contribution in [2.45, 2.75) is 18.9 Å². The third-order valence-corrected chi connectivity index (χ3v) is 4.48. The molecule has 3 aromatic carbocycles. The highest BCUT2D eigenvalue weighted by atomic mass is 16.2. The zero-order valence-electron chi connectivity index (χ0n) is 15.8. The van der Waals surface area contributed by atoms with E-state index in [2.05, 4.69) is 10.6 Å². The molecule has 3 aromatic rings.